The summed E-state index contributed by atoms with van der Waals surface area (Å²) in [5.41, 5.74) is 4.33. The molecule has 1 saturated carbocycles. The summed E-state index contributed by atoms with van der Waals surface area (Å²) in [6.07, 6.45) is 9.65. The largest absolute Gasteiger partial charge is 0.500 e. The number of rotatable bonds is 9. The Morgan fingerprint density at radius 2 is 1.64 bits per heavy atom. The van der Waals surface area contributed by atoms with E-state index in [1.165, 1.54) is 44.9 Å². The SMILES string of the molecule is CCO[Si](CCC1CC2=C3CCC3(CC2)C1)(OCC)OCC. The van der Waals surface area contributed by atoms with Gasteiger partial charge in [0.2, 0.25) is 0 Å². The maximum absolute atomic E-state index is 6.01. The Morgan fingerprint density at radius 3 is 2.14 bits per heavy atom. The van der Waals surface area contributed by atoms with Crippen molar-refractivity contribution in [2.75, 3.05) is 19.8 Å². The summed E-state index contributed by atoms with van der Waals surface area (Å²) in [7, 11) is -2.44. The second-order valence-electron chi connectivity index (χ2n) is 7.16. The lowest BCUT2D eigenvalue weighted by atomic mass is 9.58. The number of hydrogen-bond donors (Lipinski definition) is 0. The summed E-state index contributed by atoms with van der Waals surface area (Å²) in [4.78, 5) is 0. The van der Waals surface area contributed by atoms with Gasteiger partial charge >= 0.3 is 8.80 Å². The Bertz CT molecular complexity index is 417. The molecular formula is C18H32O3Si. The summed E-state index contributed by atoms with van der Waals surface area (Å²) in [5.74, 6) is 0.829. The first-order chi connectivity index (χ1) is 10.7. The average molecular weight is 325 g/mol. The standard InChI is InChI=1S/C18H32O3Si/c1-4-19-22(20-5-2,21-6-3)12-9-15-13-16-7-10-18(14-15)11-8-17(16)18/h15H,4-14H2,1-3H3. The number of hydrogen-bond acceptors (Lipinski definition) is 3. The third kappa shape index (κ3) is 2.95. The predicted molar refractivity (Wildman–Crippen MR) is 90.7 cm³/mol. The van der Waals surface area contributed by atoms with Gasteiger partial charge in [0, 0.05) is 25.9 Å². The van der Waals surface area contributed by atoms with E-state index in [9.17, 15) is 0 Å². The van der Waals surface area contributed by atoms with E-state index >= 15 is 0 Å². The van der Waals surface area contributed by atoms with Crippen LogP contribution in [0.2, 0.25) is 6.04 Å². The molecule has 0 aromatic rings. The topological polar surface area (TPSA) is 27.7 Å². The highest BCUT2D eigenvalue weighted by atomic mass is 28.4. The van der Waals surface area contributed by atoms with Crippen molar-refractivity contribution in [3.63, 3.8) is 0 Å². The molecule has 0 aliphatic heterocycles. The molecule has 0 radical (unpaired) electrons. The number of allylic oxidation sites excluding steroid dienone is 2. The molecule has 3 rings (SSSR count). The Morgan fingerprint density at radius 1 is 1.00 bits per heavy atom. The van der Waals surface area contributed by atoms with Crippen molar-refractivity contribution in [1.29, 1.82) is 0 Å². The van der Waals surface area contributed by atoms with Crippen molar-refractivity contribution < 1.29 is 13.3 Å². The van der Waals surface area contributed by atoms with Crippen LogP contribution >= 0.6 is 0 Å². The Kier molecular flexibility index (Phi) is 5.12. The quantitative estimate of drug-likeness (QED) is 0.454. The lowest BCUT2D eigenvalue weighted by Gasteiger charge is -2.47. The maximum Gasteiger partial charge on any atom is 0.500 e. The van der Waals surface area contributed by atoms with E-state index < -0.39 is 8.80 Å². The summed E-state index contributed by atoms with van der Waals surface area (Å²) in [5, 5.41) is 0. The lowest BCUT2D eigenvalue weighted by Crippen LogP contribution is -2.46. The van der Waals surface area contributed by atoms with Crippen LogP contribution in [0.1, 0.15) is 65.7 Å². The van der Waals surface area contributed by atoms with Gasteiger partial charge in [-0.2, -0.15) is 0 Å². The van der Waals surface area contributed by atoms with Crippen molar-refractivity contribution in [3.05, 3.63) is 11.1 Å². The van der Waals surface area contributed by atoms with Gasteiger partial charge in [0.05, 0.1) is 0 Å². The third-order valence-electron chi connectivity index (χ3n) is 5.99. The molecule has 2 atom stereocenters. The lowest BCUT2D eigenvalue weighted by molar-refractivity contribution is 0.0679. The Hall–Kier alpha value is -0.163. The third-order valence-corrected chi connectivity index (χ3v) is 9.08. The molecule has 126 valence electrons. The van der Waals surface area contributed by atoms with Gasteiger partial charge in [-0.3, -0.25) is 0 Å². The summed E-state index contributed by atoms with van der Waals surface area (Å²) >= 11 is 0. The molecule has 0 spiro atoms. The first-order valence-electron chi connectivity index (χ1n) is 9.30. The molecule has 22 heavy (non-hydrogen) atoms. The van der Waals surface area contributed by atoms with E-state index in [0.717, 1.165) is 12.0 Å². The minimum atomic E-state index is -2.44. The van der Waals surface area contributed by atoms with Gasteiger partial charge in [-0.05, 0) is 77.0 Å². The highest BCUT2D eigenvalue weighted by Gasteiger charge is 2.51. The Balaban J connectivity index is 1.60. The van der Waals surface area contributed by atoms with Gasteiger partial charge in [-0.15, -0.1) is 0 Å². The van der Waals surface area contributed by atoms with E-state index in [-0.39, 0.29) is 0 Å². The highest BCUT2D eigenvalue weighted by molar-refractivity contribution is 6.60. The molecule has 2 unspecified atom stereocenters. The van der Waals surface area contributed by atoms with Crippen LogP contribution in [0, 0.1) is 11.3 Å². The minimum absolute atomic E-state index is 0.644. The zero-order valence-electron chi connectivity index (χ0n) is 14.6. The van der Waals surface area contributed by atoms with Gasteiger partial charge in [0.1, 0.15) is 0 Å². The van der Waals surface area contributed by atoms with Crippen molar-refractivity contribution in [3.8, 4) is 0 Å². The predicted octanol–water partition coefficient (Wildman–Crippen LogP) is 4.71. The van der Waals surface area contributed by atoms with Crippen LogP contribution < -0.4 is 0 Å². The minimum Gasteiger partial charge on any atom is -0.374 e. The molecule has 1 fully saturated rings. The normalized spacial score (nSPS) is 30.4. The molecule has 4 heteroatoms. The summed E-state index contributed by atoms with van der Waals surface area (Å²) < 4.78 is 18.0. The van der Waals surface area contributed by atoms with Crippen LogP contribution in [0.15, 0.2) is 11.1 Å². The van der Waals surface area contributed by atoms with E-state index in [1.807, 2.05) is 31.9 Å². The van der Waals surface area contributed by atoms with Crippen molar-refractivity contribution in [2.24, 2.45) is 11.3 Å². The zero-order valence-corrected chi connectivity index (χ0v) is 15.6. The van der Waals surface area contributed by atoms with Gasteiger partial charge in [-0.25, -0.2) is 0 Å². The van der Waals surface area contributed by atoms with Crippen LogP contribution in [0.3, 0.4) is 0 Å². The van der Waals surface area contributed by atoms with E-state index in [2.05, 4.69) is 0 Å². The molecule has 3 nitrogen and oxygen atoms in total. The second kappa shape index (κ2) is 6.76. The molecular weight excluding hydrogens is 292 g/mol. The molecule has 3 aliphatic rings. The molecule has 0 amide bonds. The van der Waals surface area contributed by atoms with Gasteiger partial charge in [0.15, 0.2) is 0 Å². The van der Waals surface area contributed by atoms with Gasteiger partial charge in [-0.1, -0.05) is 11.1 Å². The molecule has 0 heterocycles. The fourth-order valence-electron chi connectivity index (χ4n) is 5.08. The van der Waals surface area contributed by atoms with Crippen LogP contribution in [-0.4, -0.2) is 28.6 Å². The van der Waals surface area contributed by atoms with E-state index in [0.29, 0.717) is 25.2 Å². The molecule has 0 aromatic carbocycles. The summed E-state index contributed by atoms with van der Waals surface area (Å²) in [6, 6.07) is 0.992. The fraction of sp³-hybridized carbons (Fsp3) is 0.889. The molecule has 0 saturated heterocycles. The fourth-order valence-corrected chi connectivity index (χ4v) is 7.85. The van der Waals surface area contributed by atoms with E-state index in [1.54, 1.807) is 0 Å². The monoisotopic (exact) mass is 324 g/mol. The highest BCUT2D eigenvalue weighted by Crippen LogP contribution is 2.64. The van der Waals surface area contributed by atoms with Crippen molar-refractivity contribution in [1.82, 2.24) is 0 Å². The second-order valence-corrected chi connectivity index (χ2v) is 9.89. The van der Waals surface area contributed by atoms with Crippen LogP contribution in [-0.2, 0) is 13.3 Å². The van der Waals surface area contributed by atoms with Crippen LogP contribution in [0.25, 0.3) is 0 Å². The maximum atomic E-state index is 6.01. The van der Waals surface area contributed by atoms with Gasteiger partial charge in [0.25, 0.3) is 0 Å². The molecule has 2 bridgehead atoms. The first-order valence-corrected chi connectivity index (χ1v) is 11.2. The van der Waals surface area contributed by atoms with Crippen LogP contribution in [0.5, 0.6) is 0 Å². The first kappa shape index (κ1) is 16.7. The average Bonchev–Trinajstić information content (AvgIpc) is 2.64. The molecule has 0 aromatic heterocycles. The molecule has 0 N–H and O–H groups in total. The zero-order chi connectivity index (χ0) is 15.6. The van der Waals surface area contributed by atoms with Crippen molar-refractivity contribution >= 4 is 8.80 Å². The smallest absolute Gasteiger partial charge is 0.374 e. The molecule has 3 aliphatic carbocycles. The van der Waals surface area contributed by atoms with Crippen LogP contribution in [0.4, 0.5) is 0 Å². The van der Waals surface area contributed by atoms with E-state index in [4.69, 9.17) is 13.3 Å². The van der Waals surface area contributed by atoms with Gasteiger partial charge < -0.3 is 13.3 Å². The van der Waals surface area contributed by atoms with Crippen molar-refractivity contribution in [2.45, 2.75) is 71.8 Å². The summed E-state index contributed by atoms with van der Waals surface area (Å²) in [6.45, 7) is 8.21. The Labute approximate surface area is 136 Å².